The molecule has 1 atom stereocenters. The molecular formula is C25H34N4O3. The van der Waals surface area contributed by atoms with Crippen molar-refractivity contribution in [3.05, 3.63) is 59.7 Å². The molecule has 0 bridgehead atoms. The van der Waals surface area contributed by atoms with Gasteiger partial charge in [0.15, 0.2) is 12.6 Å². The molecule has 2 aromatic rings. The number of ether oxygens (including phenoxy) is 2. The number of amides is 1. The molecule has 0 spiro atoms. The van der Waals surface area contributed by atoms with E-state index in [0.29, 0.717) is 18.3 Å². The highest BCUT2D eigenvalue weighted by Crippen LogP contribution is 2.19. The molecule has 0 radical (unpaired) electrons. The van der Waals surface area contributed by atoms with Crippen molar-refractivity contribution in [2.45, 2.75) is 45.3 Å². The van der Waals surface area contributed by atoms with Crippen molar-refractivity contribution >= 4 is 11.9 Å². The summed E-state index contributed by atoms with van der Waals surface area (Å²) in [6.07, 6.45) is 3.01. The number of hydrogen-bond acceptors (Lipinski definition) is 4. The predicted octanol–water partition coefficient (Wildman–Crippen LogP) is 2.83. The normalized spacial score (nSPS) is 14.4. The lowest BCUT2D eigenvalue weighted by Gasteiger charge is -2.18. The van der Waals surface area contributed by atoms with Gasteiger partial charge in [-0.3, -0.25) is 9.79 Å². The Balaban J connectivity index is 1.33. The molecule has 7 heteroatoms. The SMILES string of the molecule is CN=C(NCCc1ccc(OCC(=O)NC2CC2)cc1)NCC(C)Oc1ccccc1C. The Morgan fingerprint density at radius 1 is 1.12 bits per heavy atom. The number of hydrogen-bond donors (Lipinski definition) is 3. The summed E-state index contributed by atoms with van der Waals surface area (Å²) < 4.78 is 11.5. The van der Waals surface area contributed by atoms with Gasteiger partial charge in [-0.2, -0.15) is 0 Å². The third kappa shape index (κ3) is 8.13. The van der Waals surface area contributed by atoms with E-state index in [1.54, 1.807) is 7.05 Å². The monoisotopic (exact) mass is 438 g/mol. The smallest absolute Gasteiger partial charge is 0.258 e. The summed E-state index contributed by atoms with van der Waals surface area (Å²) in [6, 6.07) is 16.2. The number of benzene rings is 2. The first-order valence-electron chi connectivity index (χ1n) is 11.2. The van der Waals surface area contributed by atoms with Gasteiger partial charge in [0.1, 0.15) is 17.6 Å². The molecule has 0 aromatic heterocycles. The van der Waals surface area contributed by atoms with E-state index in [-0.39, 0.29) is 18.6 Å². The minimum Gasteiger partial charge on any atom is -0.489 e. The van der Waals surface area contributed by atoms with E-state index in [1.165, 1.54) is 5.56 Å². The Hall–Kier alpha value is -3.22. The van der Waals surface area contributed by atoms with Gasteiger partial charge >= 0.3 is 0 Å². The summed E-state index contributed by atoms with van der Waals surface area (Å²) in [5.74, 6) is 2.29. The second kappa shape index (κ2) is 12.0. The average Bonchev–Trinajstić information content (AvgIpc) is 3.61. The van der Waals surface area contributed by atoms with Crippen LogP contribution in [0.3, 0.4) is 0 Å². The van der Waals surface area contributed by atoms with Crippen molar-refractivity contribution in [1.29, 1.82) is 0 Å². The van der Waals surface area contributed by atoms with Crippen LogP contribution in [0.2, 0.25) is 0 Å². The van der Waals surface area contributed by atoms with Crippen molar-refractivity contribution in [2.75, 3.05) is 26.7 Å². The average molecular weight is 439 g/mol. The molecule has 1 amide bonds. The van der Waals surface area contributed by atoms with E-state index in [2.05, 4.69) is 20.9 Å². The maximum Gasteiger partial charge on any atom is 0.258 e. The minimum absolute atomic E-state index is 0.00792. The maximum absolute atomic E-state index is 11.7. The van der Waals surface area contributed by atoms with Gasteiger partial charge in [-0.05, 0) is 62.4 Å². The highest BCUT2D eigenvalue weighted by atomic mass is 16.5. The van der Waals surface area contributed by atoms with Crippen LogP contribution >= 0.6 is 0 Å². The molecule has 7 nitrogen and oxygen atoms in total. The highest BCUT2D eigenvalue weighted by molar-refractivity contribution is 5.79. The molecular weight excluding hydrogens is 404 g/mol. The summed E-state index contributed by atoms with van der Waals surface area (Å²) in [7, 11) is 1.76. The fourth-order valence-corrected chi connectivity index (χ4v) is 3.13. The van der Waals surface area contributed by atoms with Crippen molar-refractivity contribution < 1.29 is 14.3 Å². The number of aryl methyl sites for hydroxylation is 1. The molecule has 1 fully saturated rings. The molecule has 172 valence electrons. The van der Waals surface area contributed by atoms with Crippen LogP contribution < -0.4 is 25.4 Å². The Morgan fingerprint density at radius 3 is 2.56 bits per heavy atom. The maximum atomic E-state index is 11.7. The lowest BCUT2D eigenvalue weighted by Crippen LogP contribution is -2.42. The van der Waals surface area contributed by atoms with Gasteiger partial charge in [0, 0.05) is 19.6 Å². The van der Waals surface area contributed by atoms with E-state index in [9.17, 15) is 4.79 Å². The summed E-state index contributed by atoms with van der Waals surface area (Å²) >= 11 is 0. The lowest BCUT2D eigenvalue weighted by atomic mass is 10.1. The standard InChI is InChI=1S/C25H34N4O3/c1-18-6-4-5-7-23(18)32-19(2)16-28-25(26-3)27-15-14-20-8-12-22(13-9-20)31-17-24(30)29-21-10-11-21/h4-9,12-13,19,21H,10-11,14-17H2,1-3H3,(H,29,30)(H2,26,27,28). The van der Waals surface area contributed by atoms with Crippen molar-refractivity contribution in [3.63, 3.8) is 0 Å². The van der Waals surface area contributed by atoms with Gasteiger partial charge in [0.25, 0.3) is 5.91 Å². The largest absolute Gasteiger partial charge is 0.489 e. The van der Waals surface area contributed by atoms with Gasteiger partial charge in [0.2, 0.25) is 0 Å². The Bertz CT molecular complexity index is 894. The summed E-state index contributed by atoms with van der Waals surface area (Å²) in [5, 5.41) is 9.55. The number of nitrogens with one attached hydrogen (secondary N) is 3. The molecule has 3 rings (SSSR count). The molecule has 1 aliphatic carbocycles. The second-order valence-electron chi connectivity index (χ2n) is 8.10. The van der Waals surface area contributed by atoms with Crippen LogP contribution in [0.1, 0.15) is 30.9 Å². The fourth-order valence-electron chi connectivity index (χ4n) is 3.13. The molecule has 1 saturated carbocycles. The first kappa shape index (κ1) is 23.4. The zero-order valence-electron chi connectivity index (χ0n) is 19.2. The van der Waals surface area contributed by atoms with Crippen LogP contribution in [0.4, 0.5) is 0 Å². The van der Waals surface area contributed by atoms with Gasteiger partial charge in [-0.15, -0.1) is 0 Å². The van der Waals surface area contributed by atoms with Crippen LogP contribution in [-0.2, 0) is 11.2 Å². The van der Waals surface area contributed by atoms with E-state index in [1.807, 2.05) is 62.4 Å². The van der Waals surface area contributed by atoms with Crippen LogP contribution in [0.25, 0.3) is 0 Å². The molecule has 3 N–H and O–H groups in total. The molecule has 2 aromatic carbocycles. The molecule has 0 saturated heterocycles. The fraction of sp³-hybridized carbons (Fsp3) is 0.440. The lowest BCUT2D eigenvalue weighted by molar-refractivity contribution is -0.123. The van der Waals surface area contributed by atoms with Gasteiger partial charge in [0.05, 0.1) is 6.54 Å². The number of guanidine groups is 1. The molecule has 0 aliphatic heterocycles. The zero-order chi connectivity index (χ0) is 22.8. The van der Waals surface area contributed by atoms with Crippen LogP contribution in [0.5, 0.6) is 11.5 Å². The third-order valence-corrected chi connectivity index (χ3v) is 5.14. The van der Waals surface area contributed by atoms with Crippen LogP contribution in [-0.4, -0.2) is 50.8 Å². The van der Waals surface area contributed by atoms with Crippen molar-refractivity contribution in [1.82, 2.24) is 16.0 Å². The first-order chi connectivity index (χ1) is 15.5. The number of carbonyl (C=O) groups is 1. The molecule has 1 aliphatic rings. The summed E-state index contributed by atoms with van der Waals surface area (Å²) in [5.41, 5.74) is 2.30. The number of para-hydroxylation sites is 1. The van der Waals surface area contributed by atoms with Gasteiger partial charge in [-0.25, -0.2) is 0 Å². The van der Waals surface area contributed by atoms with E-state index in [0.717, 1.165) is 43.1 Å². The van der Waals surface area contributed by atoms with Crippen molar-refractivity contribution in [3.8, 4) is 11.5 Å². The summed E-state index contributed by atoms with van der Waals surface area (Å²) in [6.45, 7) is 5.53. The Morgan fingerprint density at radius 2 is 1.88 bits per heavy atom. The van der Waals surface area contributed by atoms with Crippen LogP contribution in [0, 0.1) is 6.92 Å². The van der Waals surface area contributed by atoms with Crippen LogP contribution in [0.15, 0.2) is 53.5 Å². The van der Waals surface area contributed by atoms with E-state index >= 15 is 0 Å². The zero-order valence-corrected chi connectivity index (χ0v) is 19.2. The Kier molecular flexibility index (Phi) is 8.78. The predicted molar refractivity (Wildman–Crippen MR) is 127 cm³/mol. The minimum atomic E-state index is -0.0571. The topological polar surface area (TPSA) is 84.0 Å². The number of nitrogens with zero attached hydrogens (tertiary/aromatic N) is 1. The first-order valence-corrected chi connectivity index (χ1v) is 11.2. The van der Waals surface area contributed by atoms with E-state index < -0.39 is 0 Å². The number of rotatable bonds is 11. The van der Waals surface area contributed by atoms with Crippen molar-refractivity contribution in [2.24, 2.45) is 4.99 Å². The summed E-state index contributed by atoms with van der Waals surface area (Å²) in [4.78, 5) is 16.0. The quantitative estimate of drug-likeness (QED) is 0.371. The van der Waals surface area contributed by atoms with Gasteiger partial charge in [-0.1, -0.05) is 30.3 Å². The van der Waals surface area contributed by atoms with Gasteiger partial charge < -0.3 is 25.4 Å². The molecule has 32 heavy (non-hydrogen) atoms. The second-order valence-corrected chi connectivity index (χ2v) is 8.10. The molecule has 0 heterocycles. The Labute approximate surface area is 190 Å². The third-order valence-electron chi connectivity index (χ3n) is 5.14. The highest BCUT2D eigenvalue weighted by Gasteiger charge is 2.23. The van der Waals surface area contributed by atoms with E-state index in [4.69, 9.17) is 9.47 Å². The molecule has 1 unspecified atom stereocenters. The number of aliphatic imine (C=N–C) groups is 1. The number of carbonyl (C=O) groups excluding carboxylic acids is 1.